The number of hydrogen-bond acceptors (Lipinski definition) is 5. The Balaban J connectivity index is 2.01. The molecule has 0 saturated heterocycles. The monoisotopic (exact) mass is 389 g/mol. The molecule has 0 spiro atoms. The van der Waals surface area contributed by atoms with E-state index in [1.54, 1.807) is 24.3 Å². The Hall–Kier alpha value is -2.55. The van der Waals surface area contributed by atoms with Gasteiger partial charge in [0, 0.05) is 30.3 Å². The van der Waals surface area contributed by atoms with Crippen molar-refractivity contribution in [1.29, 1.82) is 0 Å². The number of carbonyl (C=O) groups excluding carboxylic acids is 2. The molecule has 2 aromatic rings. The van der Waals surface area contributed by atoms with Crippen molar-refractivity contribution < 1.29 is 18.0 Å². The number of amides is 1. The second kappa shape index (κ2) is 8.90. The topological polar surface area (TPSA) is 118 Å². The second-order valence-corrected chi connectivity index (χ2v) is 7.98. The minimum absolute atomic E-state index is 0.0812. The maximum Gasteiger partial charge on any atom is 0.251 e. The average Bonchev–Trinajstić information content (AvgIpc) is 2.66. The van der Waals surface area contributed by atoms with Crippen LogP contribution in [0.4, 0.5) is 0 Å². The molecule has 4 N–H and O–H groups in total. The highest BCUT2D eigenvalue weighted by Crippen LogP contribution is 2.12. The summed E-state index contributed by atoms with van der Waals surface area (Å²) in [6.07, 6.45) is 0. The first-order chi connectivity index (χ1) is 12.7. The minimum Gasteiger partial charge on any atom is -0.348 e. The lowest BCUT2D eigenvalue weighted by atomic mass is 10.1. The predicted molar refractivity (Wildman–Crippen MR) is 103 cm³/mol. The van der Waals surface area contributed by atoms with Gasteiger partial charge in [-0.05, 0) is 43.7 Å². The van der Waals surface area contributed by atoms with Crippen LogP contribution >= 0.6 is 0 Å². The van der Waals surface area contributed by atoms with Gasteiger partial charge in [0.05, 0.1) is 4.90 Å². The molecule has 0 fully saturated rings. The number of nitrogens with one attached hydrogen (secondary N) is 2. The normalized spacial score (nSPS) is 12.4. The van der Waals surface area contributed by atoms with Crippen molar-refractivity contribution in [2.45, 2.75) is 31.3 Å². The van der Waals surface area contributed by atoms with Gasteiger partial charge in [-0.1, -0.05) is 24.3 Å². The zero-order valence-corrected chi connectivity index (χ0v) is 16.0. The summed E-state index contributed by atoms with van der Waals surface area (Å²) in [6.45, 7) is 3.66. The van der Waals surface area contributed by atoms with Gasteiger partial charge in [0.2, 0.25) is 10.0 Å². The third kappa shape index (κ3) is 5.72. The van der Waals surface area contributed by atoms with Crippen LogP contribution in [0, 0.1) is 0 Å². The summed E-state index contributed by atoms with van der Waals surface area (Å²) in [5, 5.41) is 2.76. The summed E-state index contributed by atoms with van der Waals surface area (Å²) in [5.74, 6) is -0.359. The van der Waals surface area contributed by atoms with Crippen molar-refractivity contribution >= 4 is 21.7 Å². The smallest absolute Gasteiger partial charge is 0.251 e. The molecule has 2 aromatic carbocycles. The Morgan fingerprint density at radius 2 is 1.56 bits per heavy atom. The van der Waals surface area contributed by atoms with E-state index in [4.69, 9.17) is 5.73 Å². The summed E-state index contributed by atoms with van der Waals surface area (Å²) >= 11 is 0. The summed E-state index contributed by atoms with van der Waals surface area (Å²) in [7, 11) is -3.70. The first-order valence-electron chi connectivity index (χ1n) is 8.43. The third-order valence-electron chi connectivity index (χ3n) is 3.98. The molecule has 2 rings (SSSR count). The number of Topliss-reactive ketones (excluding diaryl/α,β-unsaturated/α-hetero) is 1. The molecular formula is C19H23N3O4S. The third-order valence-corrected chi connectivity index (χ3v) is 5.40. The van der Waals surface area contributed by atoms with E-state index < -0.39 is 10.0 Å². The summed E-state index contributed by atoms with van der Waals surface area (Å²) in [4.78, 5) is 23.4. The lowest BCUT2D eigenvalue weighted by Crippen LogP contribution is -2.37. The number of hydrogen-bond donors (Lipinski definition) is 3. The lowest BCUT2D eigenvalue weighted by Gasteiger charge is -2.12. The van der Waals surface area contributed by atoms with Gasteiger partial charge in [-0.2, -0.15) is 0 Å². The van der Waals surface area contributed by atoms with Crippen molar-refractivity contribution in [2.24, 2.45) is 5.73 Å². The fourth-order valence-electron chi connectivity index (χ4n) is 2.27. The van der Waals surface area contributed by atoms with E-state index in [2.05, 4.69) is 10.0 Å². The van der Waals surface area contributed by atoms with Crippen LogP contribution in [-0.4, -0.2) is 32.7 Å². The maximum atomic E-state index is 12.3. The zero-order chi connectivity index (χ0) is 20.0. The molecule has 1 amide bonds. The number of sulfonamides is 1. The fraction of sp³-hybridized carbons (Fsp3) is 0.263. The van der Waals surface area contributed by atoms with E-state index in [9.17, 15) is 18.0 Å². The van der Waals surface area contributed by atoms with Gasteiger partial charge in [-0.3, -0.25) is 9.59 Å². The molecule has 0 aliphatic carbocycles. The maximum absolute atomic E-state index is 12.3. The Morgan fingerprint density at radius 3 is 2.07 bits per heavy atom. The summed E-state index contributed by atoms with van der Waals surface area (Å²) < 4.78 is 27.2. The van der Waals surface area contributed by atoms with Gasteiger partial charge >= 0.3 is 0 Å². The van der Waals surface area contributed by atoms with Crippen LogP contribution in [0.3, 0.4) is 0 Å². The highest BCUT2D eigenvalue weighted by molar-refractivity contribution is 7.89. The highest BCUT2D eigenvalue weighted by atomic mass is 32.2. The molecule has 144 valence electrons. The quantitative estimate of drug-likeness (QED) is 0.591. The number of carbonyl (C=O) groups is 2. The average molecular weight is 389 g/mol. The van der Waals surface area contributed by atoms with Crippen molar-refractivity contribution in [2.75, 3.05) is 6.54 Å². The largest absolute Gasteiger partial charge is 0.348 e. The number of ketones is 1. The van der Waals surface area contributed by atoms with Gasteiger partial charge in [0.1, 0.15) is 0 Å². The second-order valence-electron chi connectivity index (χ2n) is 6.21. The molecule has 0 saturated carbocycles. The van der Waals surface area contributed by atoms with Gasteiger partial charge < -0.3 is 11.1 Å². The highest BCUT2D eigenvalue weighted by Gasteiger charge is 2.14. The van der Waals surface area contributed by atoms with Crippen molar-refractivity contribution in [3.8, 4) is 0 Å². The molecule has 0 aromatic heterocycles. The minimum atomic E-state index is -3.70. The Kier molecular flexibility index (Phi) is 6.84. The molecular weight excluding hydrogens is 366 g/mol. The molecule has 0 aliphatic heterocycles. The van der Waals surface area contributed by atoms with Crippen molar-refractivity contribution in [3.05, 3.63) is 65.2 Å². The van der Waals surface area contributed by atoms with E-state index in [1.165, 1.54) is 31.2 Å². The predicted octanol–water partition coefficient (Wildman–Crippen LogP) is 1.44. The van der Waals surface area contributed by atoms with Crippen LogP contribution in [0.2, 0.25) is 0 Å². The first-order valence-corrected chi connectivity index (χ1v) is 9.92. The molecule has 0 aliphatic rings. The van der Waals surface area contributed by atoms with Crippen LogP contribution in [-0.2, 0) is 16.6 Å². The summed E-state index contributed by atoms with van der Waals surface area (Å²) in [6, 6.07) is 12.2. The van der Waals surface area contributed by atoms with Gasteiger partial charge in [-0.15, -0.1) is 0 Å². The van der Waals surface area contributed by atoms with E-state index in [0.717, 1.165) is 0 Å². The van der Waals surface area contributed by atoms with Crippen LogP contribution in [0.25, 0.3) is 0 Å². The van der Waals surface area contributed by atoms with Gasteiger partial charge in [-0.25, -0.2) is 13.1 Å². The SMILES string of the molecule is CC(=O)c1ccc(S(=O)(=O)NCc2ccc(C(=O)N[C@@H](C)CN)cc2)cc1. The first kappa shape index (κ1) is 20.8. The molecule has 0 bridgehead atoms. The molecule has 27 heavy (non-hydrogen) atoms. The van der Waals surface area contributed by atoms with Crippen molar-refractivity contribution in [3.63, 3.8) is 0 Å². The molecule has 0 radical (unpaired) electrons. The van der Waals surface area contributed by atoms with Crippen LogP contribution in [0.5, 0.6) is 0 Å². The summed E-state index contributed by atoms with van der Waals surface area (Å²) in [5.41, 5.74) is 7.11. The molecule has 8 heteroatoms. The zero-order valence-electron chi connectivity index (χ0n) is 15.2. The Bertz CT molecular complexity index is 907. The molecule has 0 unspecified atom stereocenters. The molecule has 0 heterocycles. The van der Waals surface area contributed by atoms with Crippen LogP contribution in [0.1, 0.15) is 40.1 Å². The number of nitrogens with two attached hydrogens (primary N) is 1. The lowest BCUT2D eigenvalue weighted by molar-refractivity contribution is 0.0940. The van der Waals surface area contributed by atoms with E-state index in [0.29, 0.717) is 23.2 Å². The van der Waals surface area contributed by atoms with E-state index in [1.807, 2.05) is 6.92 Å². The molecule has 7 nitrogen and oxygen atoms in total. The van der Waals surface area contributed by atoms with Gasteiger partial charge in [0.15, 0.2) is 5.78 Å². The number of benzene rings is 2. The Morgan fingerprint density at radius 1 is 1.00 bits per heavy atom. The fourth-order valence-corrected chi connectivity index (χ4v) is 3.29. The van der Waals surface area contributed by atoms with Crippen LogP contribution in [0.15, 0.2) is 53.4 Å². The Labute approximate surface area is 159 Å². The standard InChI is InChI=1S/C19H23N3O4S/c1-13(11-20)22-19(24)17-5-3-15(4-6-17)12-21-27(25,26)18-9-7-16(8-10-18)14(2)23/h3-10,13,21H,11-12,20H2,1-2H3,(H,22,24)/t13-/m0/s1. The van der Waals surface area contributed by atoms with Gasteiger partial charge in [0.25, 0.3) is 5.91 Å². The number of rotatable bonds is 8. The van der Waals surface area contributed by atoms with E-state index in [-0.39, 0.29) is 29.2 Å². The molecule has 1 atom stereocenters. The van der Waals surface area contributed by atoms with Crippen molar-refractivity contribution in [1.82, 2.24) is 10.0 Å². The van der Waals surface area contributed by atoms with Crippen LogP contribution < -0.4 is 15.8 Å². The van der Waals surface area contributed by atoms with E-state index >= 15 is 0 Å².